The van der Waals surface area contributed by atoms with Crippen LogP contribution in [0.15, 0.2) is 33.5 Å². The number of nitrogens with zero attached hydrogens (tertiary/aromatic N) is 3. The van der Waals surface area contributed by atoms with Gasteiger partial charge in [-0.2, -0.15) is 5.26 Å². The second-order valence-electron chi connectivity index (χ2n) is 6.59. The van der Waals surface area contributed by atoms with E-state index in [-0.39, 0.29) is 5.63 Å². The molecule has 0 unspecified atom stereocenters. The normalized spacial score (nSPS) is 15.1. The Hall–Kier alpha value is -2.40. The van der Waals surface area contributed by atoms with E-state index in [2.05, 4.69) is 15.9 Å². The molecule has 3 rings (SSSR count). The molecule has 2 heterocycles. The van der Waals surface area contributed by atoms with E-state index in [9.17, 15) is 4.79 Å². The van der Waals surface area contributed by atoms with Crippen LogP contribution in [0.5, 0.6) is 5.75 Å². The van der Waals surface area contributed by atoms with E-state index in [1.165, 1.54) is 0 Å². The molecule has 1 aromatic carbocycles. The Bertz CT molecular complexity index is 852. The van der Waals surface area contributed by atoms with Gasteiger partial charge in [0.1, 0.15) is 11.3 Å². The number of rotatable bonds is 8. The molecule has 1 aromatic heterocycles. The summed E-state index contributed by atoms with van der Waals surface area (Å²) >= 11 is 0. The SMILES string of the molecule is COc1ccc2c(CN(CCC#N)CCN3CCOCC3)cc(=O)oc2c1. The highest BCUT2D eigenvalue weighted by Crippen LogP contribution is 2.23. The maximum atomic E-state index is 12.0. The zero-order chi connectivity index (χ0) is 19.1. The fourth-order valence-electron chi connectivity index (χ4n) is 3.29. The van der Waals surface area contributed by atoms with Gasteiger partial charge in [-0.15, -0.1) is 0 Å². The molecule has 144 valence electrons. The number of morpholine rings is 1. The van der Waals surface area contributed by atoms with E-state index in [4.69, 9.17) is 19.2 Å². The summed E-state index contributed by atoms with van der Waals surface area (Å²) in [5.74, 6) is 0.649. The monoisotopic (exact) mass is 371 g/mol. The molecule has 7 heteroatoms. The maximum Gasteiger partial charge on any atom is 0.336 e. The second-order valence-corrected chi connectivity index (χ2v) is 6.59. The van der Waals surface area contributed by atoms with Crippen LogP contribution in [-0.2, 0) is 11.3 Å². The van der Waals surface area contributed by atoms with Crippen LogP contribution in [0.4, 0.5) is 0 Å². The zero-order valence-electron chi connectivity index (χ0n) is 15.6. The number of hydrogen-bond acceptors (Lipinski definition) is 7. The van der Waals surface area contributed by atoms with Crippen molar-refractivity contribution in [2.75, 3.05) is 53.0 Å². The van der Waals surface area contributed by atoms with Gasteiger partial charge in [0.15, 0.2) is 0 Å². The number of ether oxygens (including phenoxy) is 2. The summed E-state index contributed by atoms with van der Waals surface area (Å²) in [4.78, 5) is 16.6. The lowest BCUT2D eigenvalue weighted by Gasteiger charge is -2.30. The second kappa shape index (κ2) is 9.51. The third-order valence-corrected chi connectivity index (χ3v) is 4.81. The Kier molecular flexibility index (Phi) is 6.82. The lowest BCUT2D eigenvalue weighted by Crippen LogP contribution is -2.41. The fourth-order valence-corrected chi connectivity index (χ4v) is 3.29. The van der Waals surface area contributed by atoms with Gasteiger partial charge in [-0.05, 0) is 17.7 Å². The van der Waals surface area contributed by atoms with Crippen molar-refractivity contribution in [2.45, 2.75) is 13.0 Å². The van der Waals surface area contributed by atoms with Crippen LogP contribution in [0, 0.1) is 11.3 Å². The molecule has 0 saturated carbocycles. The molecule has 1 aliphatic heterocycles. The first kappa shape index (κ1) is 19.4. The predicted molar refractivity (Wildman–Crippen MR) is 102 cm³/mol. The quantitative estimate of drug-likeness (QED) is 0.655. The van der Waals surface area contributed by atoms with Crippen molar-refractivity contribution in [2.24, 2.45) is 0 Å². The maximum absolute atomic E-state index is 12.0. The minimum Gasteiger partial charge on any atom is -0.497 e. The lowest BCUT2D eigenvalue weighted by atomic mass is 10.1. The van der Waals surface area contributed by atoms with E-state index in [1.807, 2.05) is 12.1 Å². The molecule has 0 aliphatic carbocycles. The molecule has 1 fully saturated rings. The Morgan fingerprint density at radius 2 is 2.07 bits per heavy atom. The van der Waals surface area contributed by atoms with Crippen LogP contribution in [0.3, 0.4) is 0 Å². The molecule has 0 amide bonds. The molecular formula is C20H25N3O4. The summed E-state index contributed by atoms with van der Waals surface area (Å²) in [7, 11) is 1.58. The first-order valence-corrected chi connectivity index (χ1v) is 9.20. The van der Waals surface area contributed by atoms with Gasteiger partial charge < -0.3 is 13.9 Å². The van der Waals surface area contributed by atoms with Crippen molar-refractivity contribution < 1.29 is 13.9 Å². The van der Waals surface area contributed by atoms with Crippen molar-refractivity contribution in [3.05, 3.63) is 40.2 Å². The Labute approximate surface area is 158 Å². The van der Waals surface area contributed by atoms with Crippen LogP contribution < -0.4 is 10.4 Å². The van der Waals surface area contributed by atoms with Crippen LogP contribution in [-0.4, -0.2) is 62.8 Å². The van der Waals surface area contributed by atoms with Gasteiger partial charge in [0.2, 0.25) is 0 Å². The van der Waals surface area contributed by atoms with E-state index < -0.39 is 0 Å². The summed E-state index contributed by atoms with van der Waals surface area (Å²) in [6, 6.07) is 9.26. The van der Waals surface area contributed by atoms with Gasteiger partial charge in [-0.1, -0.05) is 0 Å². The number of nitriles is 1. The third kappa shape index (κ3) is 5.30. The van der Waals surface area contributed by atoms with Crippen LogP contribution >= 0.6 is 0 Å². The third-order valence-electron chi connectivity index (χ3n) is 4.81. The van der Waals surface area contributed by atoms with Gasteiger partial charge in [0.25, 0.3) is 0 Å². The van der Waals surface area contributed by atoms with E-state index in [1.54, 1.807) is 19.2 Å². The van der Waals surface area contributed by atoms with Gasteiger partial charge in [-0.3, -0.25) is 9.80 Å². The molecule has 0 N–H and O–H groups in total. The molecule has 0 spiro atoms. The topological polar surface area (TPSA) is 78.9 Å². The van der Waals surface area contributed by atoms with E-state index in [0.717, 1.165) is 50.3 Å². The minimum atomic E-state index is -0.376. The largest absolute Gasteiger partial charge is 0.497 e. The lowest BCUT2D eigenvalue weighted by molar-refractivity contribution is 0.0330. The highest BCUT2D eigenvalue weighted by Gasteiger charge is 2.15. The number of hydrogen-bond donors (Lipinski definition) is 0. The van der Waals surface area contributed by atoms with Crippen molar-refractivity contribution in [1.29, 1.82) is 5.26 Å². The Morgan fingerprint density at radius 1 is 1.26 bits per heavy atom. The highest BCUT2D eigenvalue weighted by molar-refractivity contribution is 5.81. The average Bonchev–Trinajstić information content (AvgIpc) is 2.70. The van der Waals surface area contributed by atoms with Crippen molar-refractivity contribution >= 4 is 11.0 Å². The van der Waals surface area contributed by atoms with Gasteiger partial charge in [-0.25, -0.2) is 4.79 Å². The standard InChI is InChI=1S/C20H25N3O4/c1-25-17-3-4-18-16(13-20(24)27-19(18)14-17)15-23(6-2-5-21)8-7-22-9-11-26-12-10-22/h3-4,13-14H,2,6-12,15H2,1H3. The number of benzene rings is 1. The highest BCUT2D eigenvalue weighted by atomic mass is 16.5. The minimum absolute atomic E-state index is 0.376. The Morgan fingerprint density at radius 3 is 2.81 bits per heavy atom. The Balaban J connectivity index is 1.77. The summed E-state index contributed by atoms with van der Waals surface area (Å²) < 4.78 is 15.9. The first-order valence-electron chi connectivity index (χ1n) is 9.20. The van der Waals surface area contributed by atoms with Gasteiger partial charge >= 0.3 is 5.63 Å². The van der Waals surface area contributed by atoms with Crippen molar-refractivity contribution in [3.63, 3.8) is 0 Å². The summed E-state index contributed by atoms with van der Waals surface area (Å²) in [5.41, 5.74) is 1.05. The molecule has 27 heavy (non-hydrogen) atoms. The number of methoxy groups -OCH3 is 1. The summed E-state index contributed by atoms with van der Waals surface area (Å²) in [6.45, 7) is 6.42. The summed E-state index contributed by atoms with van der Waals surface area (Å²) in [5, 5.41) is 9.88. The molecule has 2 aromatic rings. The van der Waals surface area contributed by atoms with Crippen LogP contribution in [0.1, 0.15) is 12.0 Å². The molecule has 0 bridgehead atoms. The van der Waals surface area contributed by atoms with Crippen LogP contribution in [0.25, 0.3) is 11.0 Å². The summed E-state index contributed by atoms with van der Waals surface area (Å²) in [6.07, 6.45) is 0.455. The molecule has 1 saturated heterocycles. The fraction of sp³-hybridized carbons (Fsp3) is 0.500. The average molecular weight is 371 g/mol. The van der Waals surface area contributed by atoms with Gasteiger partial charge in [0.05, 0.1) is 26.4 Å². The smallest absolute Gasteiger partial charge is 0.336 e. The van der Waals surface area contributed by atoms with E-state index >= 15 is 0 Å². The molecule has 7 nitrogen and oxygen atoms in total. The van der Waals surface area contributed by atoms with Crippen molar-refractivity contribution in [3.8, 4) is 11.8 Å². The molecular weight excluding hydrogens is 346 g/mol. The van der Waals surface area contributed by atoms with Crippen LogP contribution in [0.2, 0.25) is 0 Å². The molecule has 1 aliphatic rings. The predicted octanol–water partition coefficient (Wildman–Crippen LogP) is 1.85. The zero-order valence-corrected chi connectivity index (χ0v) is 15.6. The van der Waals surface area contributed by atoms with Gasteiger partial charge in [0, 0.05) is 63.2 Å². The first-order chi connectivity index (χ1) is 13.2. The van der Waals surface area contributed by atoms with Crippen molar-refractivity contribution in [1.82, 2.24) is 9.80 Å². The molecule has 0 atom stereocenters. The number of fused-ring (bicyclic) bond motifs is 1. The van der Waals surface area contributed by atoms with E-state index in [0.29, 0.717) is 30.8 Å². The molecule has 0 radical (unpaired) electrons.